The Morgan fingerprint density at radius 2 is 1.96 bits per heavy atom. The smallest absolute Gasteiger partial charge is 0.344 e. The van der Waals surface area contributed by atoms with Crippen molar-refractivity contribution in [3.8, 4) is 0 Å². The first kappa shape index (κ1) is 30.2. The predicted octanol–water partition coefficient (Wildman–Crippen LogP) is 4.18. The average Bonchev–Trinajstić information content (AvgIpc) is 3.31. The zero-order valence-corrected chi connectivity index (χ0v) is 24.6. The molecule has 4 aromatic rings. The minimum atomic E-state index is -4.64. The van der Waals surface area contributed by atoms with E-state index < -0.39 is 47.8 Å². The Balaban J connectivity index is 1.21. The van der Waals surface area contributed by atoms with Crippen LogP contribution in [0.5, 0.6) is 0 Å². The third-order valence-corrected chi connectivity index (χ3v) is 9.31. The molecule has 2 amide bonds. The number of aryl methyl sites for hydroxylation is 1. The lowest BCUT2D eigenvalue weighted by Gasteiger charge is -2.33. The van der Waals surface area contributed by atoms with Crippen molar-refractivity contribution in [3.05, 3.63) is 59.1 Å². The van der Waals surface area contributed by atoms with Gasteiger partial charge in [-0.3, -0.25) is 14.3 Å². The summed E-state index contributed by atoms with van der Waals surface area (Å²) in [5.41, 5.74) is -0.0205. The van der Waals surface area contributed by atoms with Gasteiger partial charge in [0.15, 0.2) is 11.3 Å². The Morgan fingerprint density at radius 3 is 2.61 bits per heavy atom. The van der Waals surface area contributed by atoms with Crippen LogP contribution in [0.15, 0.2) is 35.4 Å². The number of carbonyl (C=O) groups is 2. The van der Waals surface area contributed by atoms with Gasteiger partial charge in [0.25, 0.3) is 5.91 Å². The molecule has 7 rings (SSSR count). The van der Waals surface area contributed by atoms with Gasteiger partial charge in [-0.25, -0.2) is 22.9 Å². The van der Waals surface area contributed by atoms with Crippen molar-refractivity contribution in [1.29, 1.82) is 0 Å². The molecule has 0 spiro atoms. The molecule has 0 bridgehead atoms. The molecule has 244 valence electrons. The first-order valence-electron chi connectivity index (χ1n) is 15.1. The van der Waals surface area contributed by atoms with Crippen LogP contribution in [-0.4, -0.2) is 64.6 Å². The van der Waals surface area contributed by atoms with E-state index in [1.54, 1.807) is 36.1 Å². The van der Waals surface area contributed by atoms with Gasteiger partial charge in [0.1, 0.15) is 11.7 Å². The van der Waals surface area contributed by atoms with Crippen molar-refractivity contribution in [3.63, 3.8) is 0 Å². The lowest BCUT2D eigenvalue weighted by Crippen LogP contribution is -2.40. The lowest BCUT2D eigenvalue weighted by atomic mass is 9.76. The van der Waals surface area contributed by atoms with Gasteiger partial charge in [0, 0.05) is 19.0 Å². The number of carbonyl (C=O) groups excluding carboxylic acids is 2. The van der Waals surface area contributed by atoms with E-state index in [9.17, 15) is 31.5 Å². The number of fused-ring (bicyclic) bond motifs is 1. The summed E-state index contributed by atoms with van der Waals surface area (Å²) in [6.07, 6.45) is 0.824. The fourth-order valence-corrected chi connectivity index (χ4v) is 6.59. The number of alkyl halides is 5. The number of nitrogens with one attached hydrogen (secondary N) is 2. The van der Waals surface area contributed by atoms with Gasteiger partial charge < -0.3 is 10.6 Å². The van der Waals surface area contributed by atoms with Crippen LogP contribution < -0.4 is 10.6 Å². The molecule has 3 aliphatic rings. The maximum absolute atomic E-state index is 14.0. The minimum Gasteiger partial charge on any atom is -0.344 e. The van der Waals surface area contributed by atoms with E-state index in [1.807, 2.05) is 0 Å². The quantitative estimate of drug-likeness (QED) is 0.271. The highest BCUT2D eigenvalue weighted by Crippen LogP contribution is 2.44. The zero-order chi connectivity index (χ0) is 32.4. The van der Waals surface area contributed by atoms with E-state index in [2.05, 4.69) is 40.8 Å². The summed E-state index contributed by atoms with van der Waals surface area (Å²) in [4.78, 5) is 31.1. The fourth-order valence-electron chi connectivity index (χ4n) is 6.59. The van der Waals surface area contributed by atoms with Crippen molar-refractivity contribution in [1.82, 2.24) is 45.3 Å². The van der Waals surface area contributed by atoms with Gasteiger partial charge >= 0.3 is 6.18 Å². The average molecular weight is 648 g/mol. The third-order valence-electron chi connectivity index (χ3n) is 9.31. The van der Waals surface area contributed by atoms with Crippen LogP contribution in [0.4, 0.5) is 22.0 Å². The Kier molecular flexibility index (Phi) is 7.12. The lowest BCUT2D eigenvalue weighted by molar-refractivity contribution is -0.155. The van der Waals surface area contributed by atoms with E-state index in [0.29, 0.717) is 16.9 Å². The van der Waals surface area contributed by atoms with E-state index in [4.69, 9.17) is 0 Å². The highest BCUT2D eigenvalue weighted by Gasteiger charge is 2.57. The van der Waals surface area contributed by atoms with Gasteiger partial charge in [-0.1, -0.05) is 5.16 Å². The van der Waals surface area contributed by atoms with Crippen molar-refractivity contribution in [2.24, 2.45) is 5.92 Å². The van der Waals surface area contributed by atoms with Crippen LogP contribution in [0.2, 0.25) is 0 Å². The Morgan fingerprint density at radius 1 is 1.20 bits per heavy atom. The number of hydrogen-bond donors (Lipinski definition) is 2. The van der Waals surface area contributed by atoms with Gasteiger partial charge in [-0.05, 0) is 74.2 Å². The first-order chi connectivity index (χ1) is 21.8. The predicted molar refractivity (Wildman–Crippen MR) is 148 cm³/mol. The van der Waals surface area contributed by atoms with E-state index in [-0.39, 0.29) is 61.1 Å². The van der Waals surface area contributed by atoms with E-state index in [1.165, 1.54) is 10.7 Å². The Labute approximate surface area is 258 Å². The molecular formula is C29H30F5N9O3. The van der Waals surface area contributed by atoms with Crippen LogP contribution in [0.1, 0.15) is 90.2 Å². The van der Waals surface area contributed by atoms with Crippen LogP contribution in [0, 0.1) is 12.8 Å². The maximum Gasteiger partial charge on any atom is 0.408 e. The second-order valence-corrected chi connectivity index (χ2v) is 12.6. The molecular weight excluding hydrogens is 617 g/mol. The number of aromatic nitrogens is 7. The van der Waals surface area contributed by atoms with Crippen molar-refractivity contribution >= 4 is 17.5 Å². The summed E-state index contributed by atoms with van der Waals surface area (Å²) in [6, 6.07) is 0.573. The molecule has 0 radical (unpaired) electrons. The first-order valence-corrected chi connectivity index (χ1v) is 15.1. The van der Waals surface area contributed by atoms with Gasteiger partial charge in [0.2, 0.25) is 11.8 Å². The second kappa shape index (κ2) is 10.8. The van der Waals surface area contributed by atoms with Crippen LogP contribution in [-0.2, 0) is 16.6 Å². The molecule has 17 heteroatoms. The van der Waals surface area contributed by atoms with Crippen molar-refractivity contribution in [2.45, 2.75) is 93.9 Å². The normalized spacial score (nSPS) is 24.3. The molecule has 12 nitrogen and oxygen atoms in total. The molecule has 5 heterocycles. The summed E-state index contributed by atoms with van der Waals surface area (Å²) >= 11 is 0. The Hall–Kier alpha value is -4.44. The van der Waals surface area contributed by atoms with Crippen molar-refractivity contribution in [2.75, 3.05) is 0 Å². The molecule has 2 aliphatic carbocycles. The van der Waals surface area contributed by atoms with Crippen molar-refractivity contribution < 1.29 is 36.2 Å². The zero-order valence-electron chi connectivity index (χ0n) is 24.6. The van der Waals surface area contributed by atoms with Gasteiger partial charge in [-0.15, -0.1) is 0 Å². The summed E-state index contributed by atoms with van der Waals surface area (Å²) < 4.78 is 77.3. The third kappa shape index (κ3) is 5.59. The number of hydrogen-bond acceptors (Lipinski definition) is 8. The monoisotopic (exact) mass is 647 g/mol. The summed E-state index contributed by atoms with van der Waals surface area (Å²) in [5.74, 6) is -4.55. The molecule has 3 fully saturated rings. The number of rotatable bonds is 8. The highest BCUT2D eigenvalue weighted by atomic mass is 19.4. The minimum absolute atomic E-state index is 0.0447. The van der Waals surface area contributed by atoms with E-state index >= 15 is 0 Å². The molecule has 1 aliphatic heterocycles. The molecule has 46 heavy (non-hydrogen) atoms. The van der Waals surface area contributed by atoms with Crippen LogP contribution in [0.25, 0.3) is 5.65 Å². The molecule has 1 saturated heterocycles. The number of halogens is 5. The van der Waals surface area contributed by atoms with Crippen LogP contribution >= 0.6 is 0 Å². The molecule has 4 aromatic heterocycles. The van der Waals surface area contributed by atoms with Gasteiger partial charge in [-0.2, -0.15) is 23.4 Å². The van der Waals surface area contributed by atoms with E-state index in [0.717, 1.165) is 12.8 Å². The SMILES string of the molecule is Cc1nonc1C(=O)N[C@H](c1cn2ncc(C[C@@]3(c4ccn(C5CC5)n4)C[C@@H](C(F)(F)F)NC3=O)cc2n1)C1CCC(F)(F)CC1. The molecule has 0 unspecified atom stereocenters. The number of imidazole rings is 1. The van der Waals surface area contributed by atoms with Gasteiger partial charge in [0.05, 0.1) is 41.3 Å². The standard InChI is InChI=1S/C29H30F5N9O3/c1-15-23(41-46-40-15)25(44)38-24(17-4-7-28(30,31)8-5-17)19-14-43-22(36-19)10-16(13-35-43)11-27(12-21(29(32,33)34)37-26(27)45)20-6-9-42(39-20)18-2-3-18/h6,9-10,13-14,17-18,21,24H,2-5,7-8,11-12H2,1H3,(H,37,45)(H,38,44)/t21-,24-,27-/m0/s1. The highest BCUT2D eigenvalue weighted by molar-refractivity contribution is 5.93. The second-order valence-electron chi connectivity index (χ2n) is 12.6. The maximum atomic E-state index is 14.0. The fraction of sp³-hybridized carbons (Fsp3) is 0.552. The summed E-state index contributed by atoms with van der Waals surface area (Å²) in [7, 11) is 0. The summed E-state index contributed by atoms with van der Waals surface area (Å²) in [5, 5.41) is 21.2. The largest absolute Gasteiger partial charge is 0.408 e. The summed E-state index contributed by atoms with van der Waals surface area (Å²) in [6.45, 7) is 1.54. The molecule has 2 N–H and O–H groups in total. The number of nitrogens with zero attached hydrogens (tertiary/aromatic N) is 7. The molecule has 0 aromatic carbocycles. The molecule has 3 atom stereocenters. The number of amides is 2. The molecule has 2 saturated carbocycles. The topological polar surface area (TPSA) is 145 Å². The Bertz CT molecular complexity index is 1790. The van der Waals surface area contributed by atoms with Crippen LogP contribution in [0.3, 0.4) is 0 Å².